The molecule has 31 heavy (non-hydrogen) atoms. The number of hydrogen-bond donors (Lipinski definition) is 0. The zero-order chi connectivity index (χ0) is 22.0. The first-order valence-corrected chi connectivity index (χ1v) is 10.9. The Labute approximate surface area is 184 Å². The maximum atomic E-state index is 6.30. The van der Waals surface area contributed by atoms with Crippen LogP contribution >= 0.6 is 0 Å². The van der Waals surface area contributed by atoms with Gasteiger partial charge < -0.3 is 28.4 Å². The third-order valence-corrected chi connectivity index (χ3v) is 5.77. The molecule has 0 bridgehead atoms. The second-order valence-corrected chi connectivity index (χ2v) is 8.71. The van der Waals surface area contributed by atoms with Gasteiger partial charge >= 0.3 is 0 Å². The number of ether oxygens (including phenoxy) is 6. The molecule has 4 rings (SSSR count). The van der Waals surface area contributed by atoms with Crippen LogP contribution in [-0.2, 0) is 35.0 Å². The predicted octanol–water partition coefficient (Wildman–Crippen LogP) is 5.57. The van der Waals surface area contributed by atoms with Crippen LogP contribution in [0.2, 0.25) is 0 Å². The molecule has 0 N–H and O–H groups in total. The Bertz CT molecular complexity index is 858. The molecule has 0 amide bonds. The number of rotatable bonds is 3. The Kier molecular flexibility index (Phi) is 6.30. The van der Waals surface area contributed by atoms with Crippen LogP contribution in [0.1, 0.15) is 68.9 Å². The highest BCUT2D eigenvalue weighted by Gasteiger charge is 2.35. The fourth-order valence-electron chi connectivity index (χ4n) is 4.50. The minimum Gasteiger partial charge on any atom is -0.462 e. The Hall–Kier alpha value is -2.44. The van der Waals surface area contributed by atoms with E-state index in [9.17, 15) is 0 Å². The molecule has 1 aromatic rings. The van der Waals surface area contributed by atoms with Crippen molar-refractivity contribution in [2.45, 2.75) is 76.8 Å². The number of benzene rings is 1. The standard InChI is InChI=1S/C25H32O6/c1-16-11-12-19(31-25(4,5)30-16)14-24-21-9-6-8-20(22(21)15-27-18(3)29-24)23-10-7-13-26-17(2)28-23/h6-10,16,19,23-24H,2-3,11-15H2,1,4-5H3. The third kappa shape index (κ3) is 5.25. The summed E-state index contributed by atoms with van der Waals surface area (Å²) in [5.41, 5.74) is 3.10. The largest absolute Gasteiger partial charge is 0.462 e. The van der Waals surface area contributed by atoms with Crippen molar-refractivity contribution >= 4 is 0 Å². The summed E-state index contributed by atoms with van der Waals surface area (Å²) in [6, 6.07) is 6.15. The fraction of sp³-hybridized carbons (Fsp3) is 0.520. The van der Waals surface area contributed by atoms with Gasteiger partial charge in [0.25, 0.3) is 11.9 Å². The van der Waals surface area contributed by atoms with E-state index in [0.29, 0.717) is 31.5 Å². The molecule has 3 aliphatic heterocycles. The van der Waals surface area contributed by atoms with Crippen LogP contribution in [-0.4, -0.2) is 24.6 Å². The molecule has 4 atom stereocenters. The van der Waals surface area contributed by atoms with Crippen LogP contribution < -0.4 is 0 Å². The highest BCUT2D eigenvalue weighted by Crippen LogP contribution is 2.39. The summed E-state index contributed by atoms with van der Waals surface area (Å²) >= 11 is 0. The number of fused-ring (bicyclic) bond motifs is 1. The molecular weight excluding hydrogens is 396 g/mol. The number of hydrogen-bond acceptors (Lipinski definition) is 6. The van der Waals surface area contributed by atoms with Crippen molar-refractivity contribution in [1.29, 1.82) is 0 Å². The van der Waals surface area contributed by atoms with Crippen molar-refractivity contribution in [2.75, 3.05) is 6.61 Å². The van der Waals surface area contributed by atoms with Crippen LogP contribution in [0, 0.1) is 0 Å². The molecule has 6 nitrogen and oxygen atoms in total. The van der Waals surface area contributed by atoms with E-state index in [1.165, 1.54) is 0 Å². The van der Waals surface area contributed by atoms with Crippen LogP contribution in [0.5, 0.6) is 0 Å². The Balaban J connectivity index is 1.63. The molecule has 0 aliphatic carbocycles. The van der Waals surface area contributed by atoms with Crippen molar-refractivity contribution in [1.82, 2.24) is 0 Å². The zero-order valence-corrected chi connectivity index (χ0v) is 18.6. The molecule has 0 spiro atoms. The molecule has 6 heteroatoms. The highest BCUT2D eigenvalue weighted by molar-refractivity contribution is 5.40. The maximum Gasteiger partial charge on any atom is 0.272 e. The van der Waals surface area contributed by atoms with Crippen LogP contribution in [0.3, 0.4) is 0 Å². The van der Waals surface area contributed by atoms with E-state index in [-0.39, 0.29) is 24.4 Å². The summed E-state index contributed by atoms with van der Waals surface area (Å²) < 4.78 is 35.5. The average Bonchev–Trinajstić information content (AvgIpc) is 3.07. The average molecular weight is 429 g/mol. The van der Waals surface area contributed by atoms with E-state index in [1.54, 1.807) is 0 Å². The lowest BCUT2D eigenvalue weighted by molar-refractivity contribution is -0.242. The maximum absolute atomic E-state index is 6.30. The van der Waals surface area contributed by atoms with Crippen molar-refractivity contribution < 1.29 is 28.4 Å². The van der Waals surface area contributed by atoms with Crippen LogP contribution in [0.15, 0.2) is 55.4 Å². The highest BCUT2D eigenvalue weighted by atomic mass is 16.7. The van der Waals surface area contributed by atoms with E-state index in [1.807, 2.05) is 38.1 Å². The lowest BCUT2D eigenvalue weighted by Crippen LogP contribution is -2.33. The summed E-state index contributed by atoms with van der Waals surface area (Å²) in [4.78, 5) is 0. The Morgan fingerprint density at radius 2 is 1.77 bits per heavy atom. The SMILES string of the molecule is C=C1OCC=CC(c2cccc3c2COC(=C)OC3CC2CCC(C)OC(C)(C)O2)O1. The molecule has 1 aromatic carbocycles. The van der Waals surface area contributed by atoms with Gasteiger partial charge in [0, 0.05) is 17.5 Å². The van der Waals surface area contributed by atoms with E-state index in [0.717, 1.165) is 29.5 Å². The van der Waals surface area contributed by atoms with Crippen LogP contribution in [0.4, 0.5) is 0 Å². The van der Waals surface area contributed by atoms with Gasteiger partial charge in [0.1, 0.15) is 25.4 Å². The molecular formula is C25H32O6. The molecule has 0 radical (unpaired) electrons. The predicted molar refractivity (Wildman–Crippen MR) is 116 cm³/mol. The van der Waals surface area contributed by atoms with Crippen molar-refractivity contribution in [2.24, 2.45) is 0 Å². The molecule has 3 aliphatic rings. The first-order valence-electron chi connectivity index (χ1n) is 10.9. The molecule has 0 aromatic heterocycles. The van der Waals surface area contributed by atoms with Crippen molar-refractivity contribution in [3.05, 3.63) is 72.1 Å². The Morgan fingerprint density at radius 1 is 1.00 bits per heavy atom. The Morgan fingerprint density at radius 3 is 2.61 bits per heavy atom. The minimum absolute atomic E-state index is 0.00504. The molecule has 1 fully saturated rings. The minimum atomic E-state index is -0.636. The first-order chi connectivity index (χ1) is 14.8. The smallest absolute Gasteiger partial charge is 0.272 e. The van der Waals surface area contributed by atoms with Gasteiger partial charge in [0.05, 0.1) is 12.2 Å². The van der Waals surface area contributed by atoms with Crippen molar-refractivity contribution in [3.8, 4) is 0 Å². The van der Waals surface area contributed by atoms with Gasteiger partial charge in [0.2, 0.25) is 0 Å². The van der Waals surface area contributed by atoms with Crippen LogP contribution in [0.25, 0.3) is 0 Å². The zero-order valence-electron chi connectivity index (χ0n) is 18.6. The van der Waals surface area contributed by atoms with Gasteiger partial charge in [-0.2, -0.15) is 0 Å². The van der Waals surface area contributed by atoms with Gasteiger partial charge in [-0.05, 0) is 64.5 Å². The monoisotopic (exact) mass is 428 g/mol. The van der Waals surface area contributed by atoms with Gasteiger partial charge in [-0.3, -0.25) is 0 Å². The second-order valence-electron chi connectivity index (χ2n) is 8.71. The molecule has 0 saturated carbocycles. The molecule has 3 heterocycles. The quantitative estimate of drug-likeness (QED) is 0.587. The first kappa shape index (κ1) is 21.8. The van der Waals surface area contributed by atoms with Gasteiger partial charge in [-0.15, -0.1) is 0 Å². The third-order valence-electron chi connectivity index (χ3n) is 5.77. The summed E-state index contributed by atoms with van der Waals surface area (Å²) in [7, 11) is 0. The summed E-state index contributed by atoms with van der Waals surface area (Å²) in [6.45, 7) is 14.6. The van der Waals surface area contributed by atoms with Gasteiger partial charge in [-0.25, -0.2) is 0 Å². The van der Waals surface area contributed by atoms with Gasteiger partial charge in [0.15, 0.2) is 5.79 Å². The second kappa shape index (κ2) is 8.97. The fourth-order valence-corrected chi connectivity index (χ4v) is 4.50. The van der Waals surface area contributed by atoms with E-state index in [2.05, 4.69) is 26.1 Å². The lowest BCUT2D eigenvalue weighted by atomic mass is 9.91. The summed E-state index contributed by atoms with van der Waals surface area (Å²) in [6.07, 6.45) is 6.04. The molecule has 4 unspecified atom stereocenters. The van der Waals surface area contributed by atoms with E-state index >= 15 is 0 Å². The van der Waals surface area contributed by atoms with Crippen molar-refractivity contribution in [3.63, 3.8) is 0 Å². The van der Waals surface area contributed by atoms with E-state index in [4.69, 9.17) is 28.4 Å². The molecule has 168 valence electrons. The van der Waals surface area contributed by atoms with Gasteiger partial charge in [-0.1, -0.05) is 18.2 Å². The summed E-state index contributed by atoms with van der Waals surface area (Å²) in [5.74, 6) is -0.0136. The normalized spacial score (nSPS) is 30.4. The lowest BCUT2D eigenvalue weighted by Gasteiger charge is -2.30. The summed E-state index contributed by atoms with van der Waals surface area (Å²) in [5, 5.41) is 0. The topological polar surface area (TPSA) is 55.4 Å². The molecule has 1 saturated heterocycles. The van der Waals surface area contributed by atoms with E-state index < -0.39 is 5.79 Å².